The Bertz CT molecular complexity index is 879. The molecule has 7 heteroatoms. The number of rotatable bonds is 7. The molecular formula is C20H23BrN2O4. The maximum atomic E-state index is 12.9. The molecule has 0 saturated carbocycles. The Labute approximate surface area is 167 Å². The second kappa shape index (κ2) is 8.81. The Morgan fingerprint density at radius 1 is 1.04 bits per heavy atom. The fourth-order valence-electron chi connectivity index (χ4n) is 2.69. The van der Waals surface area contributed by atoms with Crippen LogP contribution in [0.25, 0.3) is 6.08 Å². The van der Waals surface area contributed by atoms with Crippen LogP contribution in [-0.2, 0) is 0 Å². The number of ether oxygens (including phenoxy) is 3. The molecule has 0 radical (unpaired) electrons. The molecule has 0 saturated heterocycles. The number of benzene rings is 2. The minimum Gasteiger partial charge on any atom is -0.493 e. The highest BCUT2D eigenvalue weighted by Crippen LogP contribution is 2.41. The number of methoxy groups -OCH3 is 3. The second-order valence-electron chi connectivity index (χ2n) is 5.92. The number of hydrogen-bond donors (Lipinski definition) is 1. The lowest BCUT2D eigenvalue weighted by atomic mass is 10.1. The van der Waals surface area contributed by atoms with E-state index in [4.69, 9.17) is 19.9 Å². The quantitative estimate of drug-likeness (QED) is 0.403. The molecule has 27 heavy (non-hydrogen) atoms. The average molecular weight is 435 g/mol. The van der Waals surface area contributed by atoms with Crippen molar-refractivity contribution < 1.29 is 19.0 Å². The van der Waals surface area contributed by atoms with Crippen molar-refractivity contribution in [3.05, 3.63) is 45.9 Å². The topological polar surface area (TPSA) is 74.0 Å². The number of allylic oxidation sites excluding steroid dienone is 1. The summed E-state index contributed by atoms with van der Waals surface area (Å²) in [6.45, 7) is 0. The minimum atomic E-state index is -0.247. The van der Waals surface area contributed by atoms with Gasteiger partial charge in [0, 0.05) is 14.1 Å². The summed E-state index contributed by atoms with van der Waals surface area (Å²) >= 11 is 3.37. The third-order valence-corrected chi connectivity index (χ3v) is 4.58. The van der Waals surface area contributed by atoms with Gasteiger partial charge in [0.05, 0.1) is 42.7 Å². The van der Waals surface area contributed by atoms with Crippen molar-refractivity contribution >= 4 is 39.2 Å². The number of anilines is 2. The van der Waals surface area contributed by atoms with Gasteiger partial charge < -0.3 is 24.8 Å². The van der Waals surface area contributed by atoms with Crippen molar-refractivity contribution in [1.82, 2.24) is 0 Å². The summed E-state index contributed by atoms with van der Waals surface area (Å²) in [5.74, 6) is 0.918. The first-order valence-electron chi connectivity index (χ1n) is 8.11. The standard InChI is InChI=1S/C20H23BrN2O4/c1-23(2)16-8-6-12(11-15(16)22)10-14(21)18(24)13-7-9-17(25-3)20(27-5)19(13)26-4/h6-11H,22H2,1-5H3. The van der Waals surface area contributed by atoms with Gasteiger partial charge in [0.2, 0.25) is 11.5 Å². The van der Waals surface area contributed by atoms with Crippen LogP contribution in [0.5, 0.6) is 17.2 Å². The predicted octanol–water partition coefficient (Wildman–Crippen LogP) is 3.98. The molecule has 0 aliphatic heterocycles. The molecule has 2 aromatic rings. The highest BCUT2D eigenvalue weighted by atomic mass is 79.9. The highest BCUT2D eigenvalue weighted by molar-refractivity contribution is 9.12. The van der Waals surface area contributed by atoms with Gasteiger partial charge in [0.1, 0.15) is 0 Å². The van der Waals surface area contributed by atoms with E-state index in [-0.39, 0.29) is 5.78 Å². The van der Waals surface area contributed by atoms with E-state index in [1.165, 1.54) is 21.3 Å². The fourth-order valence-corrected chi connectivity index (χ4v) is 3.17. The molecule has 0 atom stereocenters. The van der Waals surface area contributed by atoms with Crippen LogP contribution in [0.2, 0.25) is 0 Å². The summed E-state index contributed by atoms with van der Waals surface area (Å²) < 4.78 is 16.4. The molecule has 0 fully saturated rings. The molecule has 0 heterocycles. The van der Waals surface area contributed by atoms with Crippen LogP contribution in [0.4, 0.5) is 11.4 Å². The summed E-state index contributed by atoms with van der Waals surface area (Å²) in [6, 6.07) is 8.92. The summed E-state index contributed by atoms with van der Waals surface area (Å²) in [5, 5.41) is 0. The molecule has 0 bridgehead atoms. The smallest absolute Gasteiger partial charge is 0.204 e. The Kier molecular flexibility index (Phi) is 6.74. The van der Waals surface area contributed by atoms with Gasteiger partial charge in [-0.2, -0.15) is 0 Å². The first-order valence-corrected chi connectivity index (χ1v) is 8.91. The molecule has 144 valence electrons. The zero-order valence-electron chi connectivity index (χ0n) is 16.0. The fraction of sp³-hybridized carbons (Fsp3) is 0.250. The van der Waals surface area contributed by atoms with Crippen molar-refractivity contribution in [1.29, 1.82) is 0 Å². The maximum Gasteiger partial charge on any atom is 0.204 e. The van der Waals surface area contributed by atoms with Crippen molar-refractivity contribution in [3.63, 3.8) is 0 Å². The third-order valence-electron chi connectivity index (χ3n) is 3.99. The molecule has 0 spiro atoms. The van der Waals surface area contributed by atoms with Gasteiger partial charge in [-0.1, -0.05) is 6.07 Å². The van der Waals surface area contributed by atoms with Crippen LogP contribution in [-0.4, -0.2) is 41.2 Å². The summed E-state index contributed by atoms with van der Waals surface area (Å²) in [4.78, 5) is 14.9. The first-order chi connectivity index (χ1) is 12.8. The minimum absolute atomic E-state index is 0.247. The van der Waals surface area contributed by atoms with Crippen molar-refractivity contribution in [2.45, 2.75) is 0 Å². The van der Waals surface area contributed by atoms with E-state index in [0.717, 1.165) is 11.3 Å². The first kappa shape index (κ1) is 20.6. The lowest BCUT2D eigenvalue weighted by Gasteiger charge is -2.16. The molecule has 0 unspecified atom stereocenters. The summed E-state index contributed by atoms with van der Waals surface area (Å²) in [6.07, 6.45) is 1.72. The van der Waals surface area contributed by atoms with E-state index in [1.807, 2.05) is 37.2 Å². The van der Waals surface area contributed by atoms with Crippen LogP contribution in [0.1, 0.15) is 15.9 Å². The van der Waals surface area contributed by atoms with Crippen LogP contribution in [0, 0.1) is 0 Å². The molecule has 6 nitrogen and oxygen atoms in total. The number of Topliss-reactive ketones (excluding diaryl/α,β-unsaturated/α-hetero) is 1. The van der Waals surface area contributed by atoms with Crippen molar-refractivity contribution in [2.75, 3.05) is 46.1 Å². The Balaban J connectivity index is 2.43. The van der Waals surface area contributed by atoms with Gasteiger partial charge in [0.15, 0.2) is 11.5 Å². The van der Waals surface area contributed by atoms with Gasteiger partial charge in [-0.05, 0) is 51.8 Å². The monoisotopic (exact) mass is 434 g/mol. The SMILES string of the molecule is COc1ccc(C(=O)C(Br)=Cc2ccc(N(C)C)c(N)c2)c(OC)c1OC. The lowest BCUT2D eigenvalue weighted by molar-refractivity contribution is 0.104. The summed E-state index contributed by atoms with van der Waals surface area (Å²) in [5.41, 5.74) is 8.78. The normalized spacial score (nSPS) is 11.1. The van der Waals surface area contributed by atoms with Crippen LogP contribution in [0.3, 0.4) is 0 Å². The lowest BCUT2D eigenvalue weighted by Crippen LogP contribution is -2.11. The number of carbonyl (C=O) groups excluding carboxylic acids is 1. The van der Waals surface area contributed by atoms with Gasteiger partial charge in [-0.3, -0.25) is 4.79 Å². The Morgan fingerprint density at radius 3 is 2.22 bits per heavy atom. The molecule has 0 aromatic heterocycles. The van der Waals surface area contributed by atoms with Crippen LogP contribution < -0.4 is 24.8 Å². The van der Waals surface area contributed by atoms with E-state index in [2.05, 4.69) is 15.9 Å². The third kappa shape index (κ3) is 4.36. The van der Waals surface area contributed by atoms with E-state index < -0.39 is 0 Å². The van der Waals surface area contributed by atoms with Crippen molar-refractivity contribution in [2.24, 2.45) is 0 Å². The second-order valence-corrected chi connectivity index (χ2v) is 6.77. The van der Waals surface area contributed by atoms with Gasteiger partial charge in [-0.25, -0.2) is 0 Å². The van der Waals surface area contributed by atoms with Crippen LogP contribution in [0.15, 0.2) is 34.8 Å². The molecular weight excluding hydrogens is 412 g/mol. The van der Waals surface area contributed by atoms with E-state index in [1.54, 1.807) is 18.2 Å². The molecule has 2 aromatic carbocycles. The summed E-state index contributed by atoms with van der Waals surface area (Å²) in [7, 11) is 8.34. The van der Waals surface area contributed by atoms with E-state index in [9.17, 15) is 4.79 Å². The molecule has 2 N–H and O–H groups in total. The number of hydrogen-bond acceptors (Lipinski definition) is 6. The average Bonchev–Trinajstić information content (AvgIpc) is 2.65. The van der Waals surface area contributed by atoms with E-state index >= 15 is 0 Å². The van der Waals surface area contributed by atoms with Crippen LogP contribution >= 0.6 is 15.9 Å². The Morgan fingerprint density at radius 2 is 1.70 bits per heavy atom. The van der Waals surface area contributed by atoms with Gasteiger partial charge in [0.25, 0.3) is 0 Å². The maximum absolute atomic E-state index is 12.9. The van der Waals surface area contributed by atoms with Gasteiger partial charge >= 0.3 is 0 Å². The molecule has 0 aliphatic carbocycles. The van der Waals surface area contributed by atoms with E-state index in [0.29, 0.717) is 33.0 Å². The zero-order valence-corrected chi connectivity index (χ0v) is 17.6. The Hall–Kier alpha value is -2.67. The number of nitrogens with zero attached hydrogens (tertiary/aromatic N) is 1. The largest absolute Gasteiger partial charge is 0.493 e. The number of carbonyl (C=O) groups is 1. The van der Waals surface area contributed by atoms with Gasteiger partial charge in [-0.15, -0.1) is 0 Å². The zero-order chi connectivity index (χ0) is 20.1. The number of nitrogen functional groups attached to an aromatic ring is 1. The van der Waals surface area contributed by atoms with Crippen molar-refractivity contribution in [3.8, 4) is 17.2 Å². The predicted molar refractivity (Wildman–Crippen MR) is 113 cm³/mol. The molecule has 2 rings (SSSR count). The number of halogens is 1. The number of nitrogens with two attached hydrogens (primary N) is 1. The highest BCUT2D eigenvalue weighted by Gasteiger charge is 2.22. The molecule has 0 amide bonds. The number of ketones is 1. The molecule has 0 aliphatic rings.